The van der Waals surface area contributed by atoms with Crippen molar-refractivity contribution in [1.29, 1.82) is 0 Å². The van der Waals surface area contributed by atoms with E-state index in [9.17, 15) is 0 Å². The molecule has 2 aromatic heterocycles. The SMILES string of the molecule is Cc1c(CCCCO)sc2ncnc(Cl)c12. The lowest BCUT2D eigenvalue weighted by atomic mass is 10.1. The highest BCUT2D eigenvalue weighted by atomic mass is 35.5. The van der Waals surface area contributed by atoms with Crippen LogP contribution in [0.4, 0.5) is 0 Å². The molecule has 86 valence electrons. The predicted octanol–water partition coefficient (Wildman–Crippen LogP) is 2.97. The molecule has 2 rings (SSSR count). The largest absolute Gasteiger partial charge is 0.396 e. The van der Waals surface area contributed by atoms with Crippen molar-refractivity contribution in [1.82, 2.24) is 9.97 Å². The zero-order chi connectivity index (χ0) is 11.5. The first kappa shape index (κ1) is 11.8. The number of rotatable bonds is 4. The van der Waals surface area contributed by atoms with Gasteiger partial charge in [0.1, 0.15) is 16.3 Å². The van der Waals surface area contributed by atoms with Crippen LogP contribution in [0.25, 0.3) is 10.2 Å². The van der Waals surface area contributed by atoms with E-state index in [0.717, 1.165) is 29.5 Å². The summed E-state index contributed by atoms with van der Waals surface area (Å²) in [5, 5.41) is 10.3. The van der Waals surface area contributed by atoms with Gasteiger partial charge in [0, 0.05) is 11.5 Å². The number of aliphatic hydroxyl groups excluding tert-OH is 1. The number of nitrogens with zero attached hydrogens (tertiary/aromatic N) is 2. The third-order valence-electron chi connectivity index (χ3n) is 2.59. The van der Waals surface area contributed by atoms with Gasteiger partial charge in [-0.1, -0.05) is 11.6 Å². The molecule has 0 radical (unpaired) electrons. The lowest BCUT2D eigenvalue weighted by molar-refractivity contribution is 0.285. The van der Waals surface area contributed by atoms with Crippen molar-refractivity contribution in [3.8, 4) is 0 Å². The van der Waals surface area contributed by atoms with E-state index in [2.05, 4.69) is 16.9 Å². The molecule has 0 spiro atoms. The molecule has 1 N–H and O–H groups in total. The summed E-state index contributed by atoms with van der Waals surface area (Å²) in [5.41, 5.74) is 1.18. The minimum Gasteiger partial charge on any atom is -0.396 e. The average molecular weight is 257 g/mol. The Morgan fingerprint density at radius 3 is 2.88 bits per heavy atom. The van der Waals surface area contributed by atoms with Gasteiger partial charge in [-0.3, -0.25) is 0 Å². The van der Waals surface area contributed by atoms with E-state index in [1.165, 1.54) is 16.8 Å². The summed E-state index contributed by atoms with van der Waals surface area (Å²) in [4.78, 5) is 10.5. The van der Waals surface area contributed by atoms with Crippen LogP contribution in [0.3, 0.4) is 0 Å². The second-order valence-corrected chi connectivity index (χ2v) is 5.12. The number of hydrogen-bond donors (Lipinski definition) is 1. The van der Waals surface area contributed by atoms with E-state index in [0.29, 0.717) is 5.15 Å². The van der Waals surface area contributed by atoms with Crippen molar-refractivity contribution < 1.29 is 5.11 Å². The summed E-state index contributed by atoms with van der Waals surface area (Å²) < 4.78 is 0. The minimum atomic E-state index is 0.254. The third-order valence-corrected chi connectivity index (χ3v) is 4.14. The van der Waals surface area contributed by atoms with Gasteiger partial charge in [0.05, 0.1) is 5.39 Å². The quantitative estimate of drug-likeness (QED) is 0.676. The van der Waals surface area contributed by atoms with E-state index in [1.54, 1.807) is 11.3 Å². The highest BCUT2D eigenvalue weighted by molar-refractivity contribution is 7.18. The Kier molecular flexibility index (Phi) is 3.74. The Labute approximate surface area is 103 Å². The Bertz CT molecular complexity index is 498. The van der Waals surface area contributed by atoms with Gasteiger partial charge in [-0.25, -0.2) is 9.97 Å². The second-order valence-electron chi connectivity index (χ2n) is 3.68. The lowest BCUT2D eigenvalue weighted by Crippen LogP contribution is -1.88. The maximum absolute atomic E-state index is 8.76. The first-order valence-electron chi connectivity index (χ1n) is 5.23. The van der Waals surface area contributed by atoms with Crippen LogP contribution in [-0.2, 0) is 6.42 Å². The van der Waals surface area contributed by atoms with Crippen molar-refractivity contribution in [3.63, 3.8) is 0 Å². The minimum absolute atomic E-state index is 0.254. The molecule has 16 heavy (non-hydrogen) atoms. The topological polar surface area (TPSA) is 46.0 Å². The molecule has 0 bridgehead atoms. The lowest BCUT2D eigenvalue weighted by Gasteiger charge is -1.98. The van der Waals surface area contributed by atoms with Gasteiger partial charge < -0.3 is 5.11 Å². The van der Waals surface area contributed by atoms with Crippen molar-refractivity contribution in [2.75, 3.05) is 6.61 Å². The molecule has 5 heteroatoms. The standard InChI is InChI=1S/C11H13ClN2OS/c1-7-8(4-2-3-5-15)16-11-9(7)10(12)13-6-14-11/h6,15H,2-5H2,1H3. The van der Waals surface area contributed by atoms with Crippen molar-refractivity contribution in [2.45, 2.75) is 26.2 Å². The molecule has 0 aliphatic rings. The Morgan fingerprint density at radius 2 is 2.19 bits per heavy atom. The smallest absolute Gasteiger partial charge is 0.141 e. The fraction of sp³-hybridized carbons (Fsp3) is 0.455. The molecule has 0 saturated carbocycles. The molecule has 0 fully saturated rings. The van der Waals surface area contributed by atoms with Crippen LogP contribution in [0, 0.1) is 6.92 Å². The van der Waals surface area contributed by atoms with Crippen LogP contribution in [0.2, 0.25) is 5.15 Å². The molecule has 0 aliphatic heterocycles. The highest BCUT2D eigenvalue weighted by Gasteiger charge is 2.12. The van der Waals surface area contributed by atoms with Crippen LogP contribution in [0.1, 0.15) is 23.3 Å². The van der Waals surface area contributed by atoms with E-state index < -0.39 is 0 Å². The number of thiophene rings is 1. The molecule has 0 atom stereocenters. The maximum atomic E-state index is 8.76. The third kappa shape index (κ3) is 2.19. The van der Waals surface area contributed by atoms with Gasteiger partial charge in [0.2, 0.25) is 0 Å². The number of halogens is 1. The van der Waals surface area contributed by atoms with E-state index >= 15 is 0 Å². The molecule has 0 amide bonds. The van der Waals surface area contributed by atoms with Crippen LogP contribution >= 0.6 is 22.9 Å². The second kappa shape index (κ2) is 5.08. The van der Waals surface area contributed by atoms with Crippen molar-refractivity contribution in [2.24, 2.45) is 0 Å². The molecular formula is C11H13ClN2OS. The number of aromatic nitrogens is 2. The fourth-order valence-electron chi connectivity index (χ4n) is 1.71. The van der Waals surface area contributed by atoms with Crippen LogP contribution in [0.5, 0.6) is 0 Å². The van der Waals surface area contributed by atoms with Crippen LogP contribution in [0.15, 0.2) is 6.33 Å². The Balaban J connectivity index is 2.33. The first-order chi connectivity index (χ1) is 7.74. The number of unbranched alkanes of at least 4 members (excludes halogenated alkanes) is 1. The zero-order valence-corrected chi connectivity index (χ0v) is 10.6. The molecule has 2 aromatic rings. The Morgan fingerprint density at radius 1 is 1.38 bits per heavy atom. The zero-order valence-electron chi connectivity index (χ0n) is 9.03. The van der Waals surface area contributed by atoms with E-state index in [-0.39, 0.29) is 6.61 Å². The number of fused-ring (bicyclic) bond motifs is 1. The van der Waals surface area contributed by atoms with Gasteiger partial charge in [0.25, 0.3) is 0 Å². The summed E-state index contributed by atoms with van der Waals surface area (Å²) in [6, 6.07) is 0. The van der Waals surface area contributed by atoms with Crippen LogP contribution < -0.4 is 0 Å². The van der Waals surface area contributed by atoms with Crippen molar-refractivity contribution in [3.05, 3.63) is 21.9 Å². The first-order valence-corrected chi connectivity index (χ1v) is 6.43. The normalized spacial score (nSPS) is 11.2. The van der Waals surface area contributed by atoms with Gasteiger partial charge in [-0.05, 0) is 31.7 Å². The van der Waals surface area contributed by atoms with Gasteiger partial charge in [-0.15, -0.1) is 11.3 Å². The molecular weight excluding hydrogens is 244 g/mol. The number of hydrogen-bond acceptors (Lipinski definition) is 4. The number of aliphatic hydroxyl groups is 1. The summed E-state index contributed by atoms with van der Waals surface area (Å²) in [7, 11) is 0. The molecule has 0 aromatic carbocycles. The van der Waals surface area contributed by atoms with Gasteiger partial charge >= 0.3 is 0 Å². The van der Waals surface area contributed by atoms with Crippen LogP contribution in [-0.4, -0.2) is 21.7 Å². The fourth-order valence-corrected chi connectivity index (χ4v) is 3.23. The molecule has 0 saturated heterocycles. The maximum Gasteiger partial charge on any atom is 0.141 e. The number of aryl methyl sites for hydroxylation is 2. The summed E-state index contributed by atoms with van der Waals surface area (Å²) in [6.07, 6.45) is 4.31. The predicted molar refractivity (Wildman–Crippen MR) is 67.2 cm³/mol. The molecule has 0 aliphatic carbocycles. The van der Waals surface area contributed by atoms with Gasteiger partial charge in [-0.2, -0.15) is 0 Å². The summed E-state index contributed by atoms with van der Waals surface area (Å²) in [6.45, 7) is 2.31. The summed E-state index contributed by atoms with van der Waals surface area (Å²) in [5.74, 6) is 0. The average Bonchev–Trinajstić information content (AvgIpc) is 2.58. The Hall–Kier alpha value is -0.710. The summed E-state index contributed by atoms with van der Waals surface area (Å²) >= 11 is 7.72. The molecule has 0 unspecified atom stereocenters. The molecule has 2 heterocycles. The van der Waals surface area contributed by atoms with E-state index in [4.69, 9.17) is 16.7 Å². The highest BCUT2D eigenvalue weighted by Crippen LogP contribution is 2.33. The van der Waals surface area contributed by atoms with Gasteiger partial charge in [0.15, 0.2) is 0 Å². The molecule has 3 nitrogen and oxygen atoms in total. The van der Waals surface area contributed by atoms with Crippen molar-refractivity contribution >= 4 is 33.2 Å². The van der Waals surface area contributed by atoms with E-state index in [1.807, 2.05) is 0 Å². The monoisotopic (exact) mass is 256 g/mol.